The van der Waals surface area contributed by atoms with E-state index in [2.05, 4.69) is 4.74 Å². The molecule has 0 bridgehead atoms. The molecule has 17 heavy (non-hydrogen) atoms. The zero-order valence-electron chi connectivity index (χ0n) is 10.5. The van der Waals surface area contributed by atoms with Crippen LogP contribution in [0.1, 0.15) is 50.7 Å². The van der Waals surface area contributed by atoms with Crippen LogP contribution in [0.25, 0.3) is 0 Å². The Labute approximate surface area is 101 Å². The maximum Gasteiger partial charge on any atom is 0.511 e. The Morgan fingerprint density at radius 3 is 2.12 bits per heavy atom. The van der Waals surface area contributed by atoms with Gasteiger partial charge in [-0.3, -0.25) is 0 Å². The van der Waals surface area contributed by atoms with Crippen molar-refractivity contribution in [1.29, 1.82) is 0 Å². The van der Waals surface area contributed by atoms with Gasteiger partial charge in [-0.25, -0.2) is 4.79 Å². The van der Waals surface area contributed by atoms with Crippen molar-refractivity contribution in [2.45, 2.75) is 39.5 Å². The summed E-state index contributed by atoms with van der Waals surface area (Å²) in [5.74, 6) is 0.170. The van der Waals surface area contributed by atoms with Crippen molar-refractivity contribution in [3.8, 4) is 11.5 Å². The summed E-state index contributed by atoms with van der Waals surface area (Å²) in [5.41, 5.74) is 1.43. The molecule has 4 heteroatoms. The fourth-order valence-electron chi connectivity index (χ4n) is 1.68. The highest BCUT2D eigenvalue weighted by atomic mass is 16.7. The fraction of sp³-hybridized carbons (Fsp3) is 0.462. The van der Waals surface area contributed by atoms with E-state index in [4.69, 9.17) is 5.11 Å². The molecule has 4 nitrogen and oxygen atoms in total. The van der Waals surface area contributed by atoms with Crippen LogP contribution < -0.4 is 9.84 Å². The lowest BCUT2D eigenvalue weighted by Crippen LogP contribution is -2.09. The van der Waals surface area contributed by atoms with Gasteiger partial charge in [-0.15, -0.1) is 5.75 Å². The third kappa shape index (κ3) is 3.12. The monoisotopic (exact) mass is 237 g/mol. The molecule has 0 aliphatic carbocycles. The number of hydrogen-bond donors (Lipinski definition) is 1. The van der Waals surface area contributed by atoms with Crippen LogP contribution in [0.4, 0.5) is 4.79 Å². The van der Waals surface area contributed by atoms with E-state index in [-0.39, 0.29) is 23.3 Å². The Balaban J connectivity index is 3.30. The molecule has 0 heterocycles. The minimum absolute atomic E-state index is 0.0995. The van der Waals surface area contributed by atoms with Gasteiger partial charge in [0.15, 0.2) is 0 Å². The van der Waals surface area contributed by atoms with Gasteiger partial charge < -0.3 is 14.9 Å². The number of hydrogen-bond acceptors (Lipinski definition) is 3. The Kier molecular flexibility index (Phi) is 3.99. The molecule has 0 saturated carbocycles. The highest BCUT2D eigenvalue weighted by molar-refractivity contribution is 5.63. The summed E-state index contributed by atoms with van der Waals surface area (Å²) < 4.78 is 4.64. The second-order valence-corrected chi connectivity index (χ2v) is 4.61. The average molecular weight is 237 g/mol. The largest absolute Gasteiger partial charge is 0.872 e. The van der Waals surface area contributed by atoms with E-state index in [1.807, 2.05) is 27.7 Å². The van der Waals surface area contributed by atoms with Crippen LogP contribution in [0.2, 0.25) is 0 Å². The van der Waals surface area contributed by atoms with Crippen molar-refractivity contribution < 1.29 is 19.7 Å². The van der Waals surface area contributed by atoms with Crippen molar-refractivity contribution in [1.82, 2.24) is 0 Å². The molecular weight excluding hydrogens is 220 g/mol. The van der Waals surface area contributed by atoms with Gasteiger partial charge in [-0.2, -0.15) is 0 Å². The average Bonchev–Trinajstić information content (AvgIpc) is 2.15. The minimum atomic E-state index is -1.40. The minimum Gasteiger partial charge on any atom is -0.872 e. The molecule has 0 aromatic heterocycles. The summed E-state index contributed by atoms with van der Waals surface area (Å²) in [5, 5.41) is 20.4. The normalized spacial score (nSPS) is 10.9. The van der Waals surface area contributed by atoms with Crippen LogP contribution in [0.15, 0.2) is 12.1 Å². The van der Waals surface area contributed by atoms with Gasteiger partial charge in [0.1, 0.15) is 5.75 Å². The fourth-order valence-corrected chi connectivity index (χ4v) is 1.68. The van der Waals surface area contributed by atoms with Gasteiger partial charge in [0, 0.05) is 0 Å². The highest BCUT2D eigenvalue weighted by Gasteiger charge is 2.14. The third-order valence-corrected chi connectivity index (χ3v) is 2.58. The molecule has 0 atom stereocenters. The summed E-state index contributed by atoms with van der Waals surface area (Å²) in [6.07, 6.45) is -1.40. The van der Waals surface area contributed by atoms with E-state index >= 15 is 0 Å². The summed E-state index contributed by atoms with van der Waals surface area (Å²) in [6.45, 7) is 7.72. The molecule has 1 aromatic rings. The van der Waals surface area contributed by atoms with Crippen LogP contribution in [-0.2, 0) is 0 Å². The predicted molar refractivity (Wildman–Crippen MR) is 62.7 cm³/mol. The van der Waals surface area contributed by atoms with Crippen LogP contribution in [0.3, 0.4) is 0 Å². The second-order valence-electron chi connectivity index (χ2n) is 4.61. The van der Waals surface area contributed by atoms with Crippen molar-refractivity contribution in [2.24, 2.45) is 0 Å². The first-order valence-electron chi connectivity index (χ1n) is 5.58. The Morgan fingerprint density at radius 1 is 1.18 bits per heavy atom. The van der Waals surface area contributed by atoms with Crippen LogP contribution >= 0.6 is 0 Å². The van der Waals surface area contributed by atoms with Gasteiger partial charge in [0.2, 0.25) is 0 Å². The summed E-state index contributed by atoms with van der Waals surface area (Å²) in [7, 11) is 0. The first kappa shape index (κ1) is 13.4. The lowest BCUT2D eigenvalue weighted by molar-refractivity contribution is -0.269. The van der Waals surface area contributed by atoms with E-state index < -0.39 is 6.16 Å². The third-order valence-electron chi connectivity index (χ3n) is 2.58. The quantitative estimate of drug-likeness (QED) is 0.648. The number of carbonyl (C=O) groups is 1. The van der Waals surface area contributed by atoms with Gasteiger partial charge in [-0.1, -0.05) is 39.3 Å². The van der Waals surface area contributed by atoms with Crippen LogP contribution in [-0.4, -0.2) is 11.3 Å². The first-order chi connectivity index (χ1) is 7.82. The lowest BCUT2D eigenvalue weighted by Gasteiger charge is -2.21. The van der Waals surface area contributed by atoms with Crippen molar-refractivity contribution >= 4 is 6.16 Å². The van der Waals surface area contributed by atoms with Crippen molar-refractivity contribution in [3.05, 3.63) is 23.3 Å². The molecule has 0 aliphatic rings. The summed E-state index contributed by atoms with van der Waals surface area (Å²) in [6, 6.07) is 3.01. The second kappa shape index (κ2) is 5.08. The maximum absolute atomic E-state index is 11.8. The molecule has 0 unspecified atom stereocenters. The van der Waals surface area contributed by atoms with E-state index in [1.54, 1.807) is 6.07 Å². The number of carboxylic acid groups (broad SMARTS) is 1. The lowest BCUT2D eigenvalue weighted by atomic mass is 9.94. The number of ether oxygens (including phenoxy) is 1. The molecule has 0 aliphatic heterocycles. The summed E-state index contributed by atoms with van der Waals surface area (Å²) in [4.78, 5) is 10.5. The first-order valence-corrected chi connectivity index (χ1v) is 5.58. The zero-order chi connectivity index (χ0) is 13.2. The molecule has 1 aromatic carbocycles. The maximum atomic E-state index is 11.8. The molecule has 0 amide bonds. The molecule has 0 saturated heterocycles. The van der Waals surface area contributed by atoms with Crippen molar-refractivity contribution in [2.75, 3.05) is 0 Å². The number of rotatable bonds is 3. The standard InChI is InChI=1S/C13H18O4/c1-7(2)9-5-10(8(3)4)12(6-11(9)14)17-13(15)16/h5-8,14H,1-4H3,(H,15,16)/p-1. The molecule has 0 fully saturated rings. The van der Waals surface area contributed by atoms with Crippen LogP contribution in [0.5, 0.6) is 11.5 Å². The smallest absolute Gasteiger partial charge is 0.511 e. The van der Waals surface area contributed by atoms with Crippen LogP contribution in [0, 0.1) is 0 Å². The highest BCUT2D eigenvalue weighted by Crippen LogP contribution is 2.35. The Bertz CT molecular complexity index is 422. The Morgan fingerprint density at radius 2 is 1.71 bits per heavy atom. The molecule has 0 radical (unpaired) electrons. The molecule has 1 N–H and O–H groups in total. The molecule has 0 spiro atoms. The van der Waals surface area contributed by atoms with Gasteiger partial charge in [-0.05, 0) is 23.5 Å². The van der Waals surface area contributed by atoms with E-state index in [0.717, 1.165) is 5.56 Å². The molecular formula is C13H17O4-. The predicted octanol–water partition coefficient (Wildman–Crippen LogP) is 3.06. The molecule has 94 valence electrons. The van der Waals surface area contributed by atoms with E-state index in [1.165, 1.54) is 6.07 Å². The van der Waals surface area contributed by atoms with E-state index in [9.17, 15) is 9.90 Å². The summed E-state index contributed by atoms with van der Waals surface area (Å²) >= 11 is 0. The van der Waals surface area contributed by atoms with Crippen molar-refractivity contribution in [3.63, 3.8) is 0 Å². The topological polar surface area (TPSA) is 69.6 Å². The van der Waals surface area contributed by atoms with Gasteiger partial charge >= 0.3 is 6.16 Å². The van der Waals surface area contributed by atoms with Gasteiger partial charge in [0.05, 0.1) is 0 Å². The number of benzene rings is 1. The van der Waals surface area contributed by atoms with E-state index in [0.29, 0.717) is 5.56 Å². The Hall–Kier alpha value is -1.71. The van der Waals surface area contributed by atoms with Gasteiger partial charge in [0.25, 0.3) is 0 Å². The molecule has 1 rings (SSSR count). The zero-order valence-corrected chi connectivity index (χ0v) is 10.5. The SMILES string of the molecule is CC(C)c1cc(C(C)C)c(OC(=O)O)cc1[O-].